The number of amides is 1. The second-order valence-electron chi connectivity index (χ2n) is 7.22. The number of aryl methyl sites for hydroxylation is 2. The monoisotopic (exact) mass is 366 g/mol. The van der Waals surface area contributed by atoms with E-state index in [1.54, 1.807) is 0 Å². The number of ether oxygens (including phenoxy) is 1. The molecule has 1 atom stereocenters. The van der Waals surface area contributed by atoms with Crippen LogP contribution >= 0.6 is 0 Å². The molecule has 2 heterocycles. The van der Waals surface area contributed by atoms with Gasteiger partial charge in [0.15, 0.2) is 0 Å². The van der Waals surface area contributed by atoms with E-state index in [1.165, 1.54) is 5.56 Å². The Morgan fingerprint density at radius 2 is 2.04 bits per heavy atom. The van der Waals surface area contributed by atoms with Crippen LogP contribution in [-0.2, 0) is 28.8 Å². The third kappa shape index (κ3) is 4.11. The van der Waals surface area contributed by atoms with Gasteiger partial charge in [-0.2, -0.15) is 0 Å². The van der Waals surface area contributed by atoms with Crippen molar-refractivity contribution in [1.29, 1.82) is 0 Å². The van der Waals surface area contributed by atoms with Gasteiger partial charge in [0.2, 0.25) is 11.9 Å². The number of rotatable bonds is 4. The molecule has 1 aromatic heterocycles. The van der Waals surface area contributed by atoms with Crippen molar-refractivity contribution in [2.45, 2.75) is 32.6 Å². The van der Waals surface area contributed by atoms with Gasteiger partial charge in [0, 0.05) is 36.6 Å². The Morgan fingerprint density at radius 3 is 2.78 bits per heavy atom. The standard InChI is InChI=1S/C21H26N4O2/c1-2-15-3-6-18(7-4-15)23-20(26)16-5-8-19-17(13-16)14-22-21(24-19)25-9-11-27-12-10-25/h3-4,6-7,14,16H,2,5,8-13H2,1H3,(H,23,26)/t16-/m0/s1. The first-order valence-corrected chi connectivity index (χ1v) is 9.80. The highest BCUT2D eigenvalue weighted by atomic mass is 16.5. The van der Waals surface area contributed by atoms with Crippen LogP contribution in [-0.4, -0.2) is 42.2 Å². The van der Waals surface area contributed by atoms with E-state index in [4.69, 9.17) is 9.72 Å². The SMILES string of the molecule is CCc1ccc(NC(=O)[C@H]2CCc3nc(N4CCOCC4)ncc3C2)cc1. The summed E-state index contributed by atoms with van der Waals surface area (Å²) >= 11 is 0. The van der Waals surface area contributed by atoms with E-state index >= 15 is 0 Å². The van der Waals surface area contributed by atoms with E-state index in [9.17, 15) is 4.79 Å². The highest BCUT2D eigenvalue weighted by Crippen LogP contribution is 2.26. The first-order chi connectivity index (χ1) is 13.2. The zero-order chi connectivity index (χ0) is 18.6. The van der Waals surface area contributed by atoms with Crippen LogP contribution in [0.4, 0.5) is 11.6 Å². The van der Waals surface area contributed by atoms with Crippen LogP contribution in [0, 0.1) is 5.92 Å². The molecule has 142 valence electrons. The van der Waals surface area contributed by atoms with E-state index in [1.807, 2.05) is 18.3 Å². The molecular formula is C21H26N4O2. The van der Waals surface area contributed by atoms with Crippen LogP contribution in [0.5, 0.6) is 0 Å². The second kappa shape index (κ2) is 8.05. The van der Waals surface area contributed by atoms with Crippen molar-refractivity contribution in [2.24, 2.45) is 5.92 Å². The van der Waals surface area contributed by atoms with Crippen LogP contribution in [0.15, 0.2) is 30.5 Å². The maximum atomic E-state index is 12.7. The molecule has 1 fully saturated rings. The third-order valence-electron chi connectivity index (χ3n) is 5.43. The van der Waals surface area contributed by atoms with Crippen LogP contribution < -0.4 is 10.2 Å². The number of benzene rings is 1. The molecule has 1 aromatic carbocycles. The normalized spacial score (nSPS) is 19.4. The number of carbonyl (C=O) groups excluding carboxylic acids is 1. The van der Waals surface area contributed by atoms with E-state index in [0.29, 0.717) is 6.42 Å². The molecule has 1 N–H and O–H groups in total. The highest BCUT2D eigenvalue weighted by Gasteiger charge is 2.27. The molecule has 4 rings (SSSR count). The van der Waals surface area contributed by atoms with Crippen molar-refractivity contribution in [2.75, 3.05) is 36.5 Å². The molecule has 1 saturated heterocycles. The Balaban J connectivity index is 1.40. The minimum absolute atomic E-state index is 0.0267. The molecule has 0 bridgehead atoms. The van der Waals surface area contributed by atoms with Gasteiger partial charge in [-0.1, -0.05) is 19.1 Å². The largest absolute Gasteiger partial charge is 0.378 e. The number of carbonyl (C=O) groups is 1. The maximum absolute atomic E-state index is 12.7. The number of aromatic nitrogens is 2. The Labute approximate surface area is 160 Å². The molecule has 2 aliphatic rings. The average Bonchev–Trinajstić information content (AvgIpc) is 2.74. The molecule has 2 aromatic rings. The quantitative estimate of drug-likeness (QED) is 0.901. The van der Waals surface area contributed by atoms with Crippen molar-refractivity contribution in [3.63, 3.8) is 0 Å². The third-order valence-corrected chi connectivity index (χ3v) is 5.43. The number of anilines is 2. The number of hydrogen-bond acceptors (Lipinski definition) is 5. The average molecular weight is 366 g/mol. The Hall–Kier alpha value is -2.47. The van der Waals surface area contributed by atoms with Gasteiger partial charge in [-0.3, -0.25) is 4.79 Å². The summed E-state index contributed by atoms with van der Waals surface area (Å²) in [5.74, 6) is 0.847. The van der Waals surface area contributed by atoms with Gasteiger partial charge >= 0.3 is 0 Å². The molecule has 1 amide bonds. The van der Waals surface area contributed by atoms with Crippen LogP contribution in [0.2, 0.25) is 0 Å². The van der Waals surface area contributed by atoms with E-state index in [2.05, 4.69) is 34.3 Å². The highest BCUT2D eigenvalue weighted by molar-refractivity contribution is 5.92. The van der Waals surface area contributed by atoms with E-state index in [0.717, 1.165) is 68.5 Å². The summed E-state index contributed by atoms with van der Waals surface area (Å²) in [5.41, 5.74) is 4.32. The number of hydrogen-bond donors (Lipinski definition) is 1. The smallest absolute Gasteiger partial charge is 0.227 e. The van der Waals surface area contributed by atoms with Gasteiger partial charge in [0.25, 0.3) is 0 Å². The molecule has 27 heavy (non-hydrogen) atoms. The van der Waals surface area contributed by atoms with Crippen molar-refractivity contribution in [3.05, 3.63) is 47.3 Å². The summed E-state index contributed by atoms with van der Waals surface area (Å²) in [6.45, 7) is 5.24. The second-order valence-corrected chi connectivity index (χ2v) is 7.22. The van der Waals surface area contributed by atoms with E-state index < -0.39 is 0 Å². The molecule has 0 spiro atoms. The predicted octanol–water partition coefficient (Wildman–Crippen LogP) is 2.62. The van der Waals surface area contributed by atoms with Gasteiger partial charge in [-0.25, -0.2) is 9.97 Å². The van der Waals surface area contributed by atoms with Crippen LogP contribution in [0.1, 0.15) is 30.2 Å². The van der Waals surface area contributed by atoms with Crippen molar-refractivity contribution >= 4 is 17.5 Å². The summed E-state index contributed by atoms with van der Waals surface area (Å²) in [4.78, 5) is 24.1. The summed E-state index contributed by atoms with van der Waals surface area (Å²) in [6.07, 6.45) is 5.26. The first-order valence-electron chi connectivity index (χ1n) is 9.80. The summed E-state index contributed by atoms with van der Waals surface area (Å²) in [7, 11) is 0. The summed E-state index contributed by atoms with van der Waals surface area (Å²) in [5, 5.41) is 3.05. The lowest BCUT2D eigenvalue weighted by Gasteiger charge is -2.28. The van der Waals surface area contributed by atoms with Crippen molar-refractivity contribution in [1.82, 2.24) is 9.97 Å². The zero-order valence-corrected chi connectivity index (χ0v) is 15.8. The molecular weight excluding hydrogens is 340 g/mol. The topological polar surface area (TPSA) is 67.4 Å². The fourth-order valence-electron chi connectivity index (χ4n) is 3.70. The Morgan fingerprint density at radius 1 is 1.26 bits per heavy atom. The molecule has 1 aliphatic carbocycles. The van der Waals surface area contributed by atoms with Crippen LogP contribution in [0.3, 0.4) is 0 Å². The van der Waals surface area contributed by atoms with Crippen molar-refractivity contribution in [3.8, 4) is 0 Å². The van der Waals surface area contributed by atoms with Gasteiger partial charge in [-0.15, -0.1) is 0 Å². The minimum atomic E-state index is -0.0267. The van der Waals surface area contributed by atoms with Gasteiger partial charge in [0.05, 0.1) is 13.2 Å². The van der Waals surface area contributed by atoms with Crippen LogP contribution in [0.25, 0.3) is 0 Å². The van der Waals surface area contributed by atoms with E-state index in [-0.39, 0.29) is 11.8 Å². The number of nitrogens with zero attached hydrogens (tertiary/aromatic N) is 3. The fraction of sp³-hybridized carbons (Fsp3) is 0.476. The van der Waals surface area contributed by atoms with Gasteiger partial charge in [-0.05, 0) is 48.9 Å². The predicted molar refractivity (Wildman–Crippen MR) is 105 cm³/mol. The zero-order valence-electron chi connectivity index (χ0n) is 15.8. The van der Waals surface area contributed by atoms with Gasteiger partial charge in [0.1, 0.15) is 0 Å². The fourth-order valence-corrected chi connectivity index (χ4v) is 3.70. The number of fused-ring (bicyclic) bond motifs is 1. The number of morpholine rings is 1. The lowest BCUT2D eigenvalue weighted by atomic mass is 9.86. The molecule has 0 unspecified atom stereocenters. The molecule has 0 saturated carbocycles. The minimum Gasteiger partial charge on any atom is -0.378 e. The lowest BCUT2D eigenvalue weighted by molar-refractivity contribution is -0.120. The molecule has 0 radical (unpaired) electrons. The molecule has 6 heteroatoms. The molecule has 1 aliphatic heterocycles. The Bertz CT molecular complexity index is 800. The molecule has 6 nitrogen and oxygen atoms in total. The van der Waals surface area contributed by atoms with Crippen molar-refractivity contribution < 1.29 is 9.53 Å². The first kappa shape index (κ1) is 17.9. The Kier molecular flexibility index (Phi) is 5.34. The summed E-state index contributed by atoms with van der Waals surface area (Å²) in [6, 6.07) is 8.08. The van der Waals surface area contributed by atoms with Gasteiger partial charge < -0.3 is 15.0 Å². The summed E-state index contributed by atoms with van der Waals surface area (Å²) < 4.78 is 5.39. The lowest BCUT2D eigenvalue weighted by Crippen LogP contribution is -2.38. The number of nitrogens with one attached hydrogen (secondary N) is 1. The maximum Gasteiger partial charge on any atom is 0.227 e.